The topological polar surface area (TPSA) is 64.1 Å². The Balaban J connectivity index is 1.48. The number of rotatable bonds is 7. The maximum atomic E-state index is 13.1. The summed E-state index contributed by atoms with van der Waals surface area (Å²) in [5, 5.41) is 0.654. The Labute approximate surface area is 194 Å². The molecule has 1 atom stereocenters. The van der Waals surface area contributed by atoms with Gasteiger partial charge >= 0.3 is 0 Å². The molecule has 2 aliphatic rings. The van der Waals surface area contributed by atoms with E-state index < -0.39 is 5.60 Å². The Morgan fingerprint density at radius 2 is 1.94 bits per heavy atom. The number of carbonyl (C=O) groups excluding carboxylic acids is 1. The minimum atomic E-state index is -0.732. The number of benzene rings is 1. The summed E-state index contributed by atoms with van der Waals surface area (Å²) in [4.78, 5) is 21.6. The lowest BCUT2D eigenvalue weighted by atomic mass is 9.96. The van der Waals surface area contributed by atoms with E-state index in [-0.39, 0.29) is 18.9 Å². The highest BCUT2D eigenvalue weighted by Gasteiger charge is 2.41. The van der Waals surface area contributed by atoms with E-state index in [9.17, 15) is 4.79 Å². The number of aromatic nitrogens is 1. The fraction of sp³-hybridized carbons (Fsp3) is 0.500. The molecule has 0 bridgehead atoms. The highest BCUT2D eigenvalue weighted by Crippen LogP contribution is 2.27. The maximum absolute atomic E-state index is 13.1. The van der Waals surface area contributed by atoms with Crippen LogP contribution >= 0.6 is 11.6 Å². The second-order valence-electron chi connectivity index (χ2n) is 8.53. The van der Waals surface area contributed by atoms with Crippen molar-refractivity contribution in [2.45, 2.75) is 25.5 Å². The van der Waals surface area contributed by atoms with Gasteiger partial charge in [-0.1, -0.05) is 17.7 Å². The molecule has 2 saturated heterocycles. The highest BCUT2D eigenvalue weighted by molar-refractivity contribution is 6.30. The zero-order chi connectivity index (χ0) is 22.4. The molecule has 0 unspecified atom stereocenters. The van der Waals surface area contributed by atoms with Gasteiger partial charge in [0.15, 0.2) is 0 Å². The van der Waals surface area contributed by atoms with Gasteiger partial charge in [0, 0.05) is 50.1 Å². The molecule has 2 aliphatic heterocycles. The highest BCUT2D eigenvalue weighted by atomic mass is 35.5. The molecule has 8 heteroatoms. The average Bonchev–Trinajstić information content (AvgIpc) is 2.80. The number of aryl methyl sites for hydroxylation is 1. The van der Waals surface area contributed by atoms with Crippen molar-refractivity contribution in [3.05, 3.63) is 58.9 Å². The van der Waals surface area contributed by atoms with Crippen molar-refractivity contribution in [1.29, 1.82) is 0 Å². The Morgan fingerprint density at radius 1 is 1.16 bits per heavy atom. The zero-order valence-corrected chi connectivity index (χ0v) is 19.2. The molecule has 0 saturated carbocycles. The fourth-order valence-corrected chi connectivity index (χ4v) is 4.34. The standard InChI is InChI=1S/C24H30ClN3O4/c1-19-12-20(15-26-14-19)16-27-6-11-32-24(17-27,13-23(29)28-7-9-30-10-8-28)18-31-22-4-2-21(25)3-5-22/h2-5,12,14-15H,6-11,13,16-18H2,1H3/t24-/m1/s1. The van der Waals surface area contributed by atoms with Crippen LogP contribution in [0, 0.1) is 6.92 Å². The summed E-state index contributed by atoms with van der Waals surface area (Å²) in [6.07, 6.45) is 4.02. The lowest BCUT2D eigenvalue weighted by Gasteiger charge is -2.43. The Bertz CT molecular complexity index is 904. The van der Waals surface area contributed by atoms with Gasteiger partial charge in [-0.25, -0.2) is 0 Å². The van der Waals surface area contributed by atoms with E-state index in [1.54, 1.807) is 12.1 Å². The molecule has 1 aromatic carbocycles. The third kappa shape index (κ3) is 6.19. The van der Waals surface area contributed by atoms with Gasteiger partial charge in [-0.15, -0.1) is 0 Å². The number of nitrogens with zero attached hydrogens (tertiary/aromatic N) is 3. The molecule has 0 spiro atoms. The smallest absolute Gasteiger partial charge is 0.225 e. The Kier molecular flexibility index (Phi) is 7.63. The second-order valence-corrected chi connectivity index (χ2v) is 8.96. The zero-order valence-electron chi connectivity index (χ0n) is 18.5. The molecule has 7 nitrogen and oxygen atoms in total. The minimum Gasteiger partial charge on any atom is -0.491 e. The van der Waals surface area contributed by atoms with E-state index in [0.717, 1.165) is 24.2 Å². The predicted molar refractivity (Wildman–Crippen MR) is 122 cm³/mol. The molecule has 0 aliphatic carbocycles. The van der Waals surface area contributed by atoms with Crippen LogP contribution in [0.3, 0.4) is 0 Å². The van der Waals surface area contributed by atoms with Crippen molar-refractivity contribution in [2.75, 3.05) is 52.6 Å². The maximum Gasteiger partial charge on any atom is 0.225 e. The molecular weight excluding hydrogens is 430 g/mol. The molecule has 0 N–H and O–H groups in total. The van der Waals surface area contributed by atoms with Gasteiger partial charge in [-0.2, -0.15) is 0 Å². The van der Waals surface area contributed by atoms with Crippen LogP contribution in [-0.2, 0) is 20.8 Å². The fourth-order valence-electron chi connectivity index (χ4n) is 4.21. The van der Waals surface area contributed by atoms with Gasteiger partial charge in [0.05, 0.1) is 26.2 Å². The normalized spacial score (nSPS) is 22.0. The summed E-state index contributed by atoms with van der Waals surface area (Å²) in [6, 6.07) is 9.40. The van der Waals surface area contributed by atoms with E-state index >= 15 is 0 Å². The van der Waals surface area contributed by atoms with Crippen LogP contribution in [-0.4, -0.2) is 78.9 Å². The number of carbonyl (C=O) groups is 1. The molecular formula is C24H30ClN3O4. The third-order valence-corrected chi connectivity index (χ3v) is 6.07. The quantitative estimate of drug-likeness (QED) is 0.634. The van der Waals surface area contributed by atoms with Crippen molar-refractivity contribution in [2.24, 2.45) is 0 Å². The molecule has 1 amide bonds. The molecule has 2 aromatic rings. The Hall–Kier alpha value is -2.19. The molecule has 2 fully saturated rings. The van der Waals surface area contributed by atoms with Gasteiger partial charge in [0.1, 0.15) is 18.0 Å². The average molecular weight is 460 g/mol. The van der Waals surface area contributed by atoms with Gasteiger partial charge in [0.25, 0.3) is 0 Å². The lowest BCUT2D eigenvalue weighted by Crippen LogP contribution is -2.57. The summed E-state index contributed by atoms with van der Waals surface area (Å²) in [5.74, 6) is 0.781. The Morgan fingerprint density at radius 3 is 2.69 bits per heavy atom. The van der Waals surface area contributed by atoms with Crippen molar-refractivity contribution in [3.63, 3.8) is 0 Å². The van der Waals surface area contributed by atoms with Crippen LogP contribution in [0.25, 0.3) is 0 Å². The van der Waals surface area contributed by atoms with Crippen LogP contribution in [0.4, 0.5) is 0 Å². The van der Waals surface area contributed by atoms with E-state index in [1.807, 2.05) is 36.4 Å². The lowest BCUT2D eigenvalue weighted by molar-refractivity contribution is -0.159. The third-order valence-electron chi connectivity index (χ3n) is 5.82. The van der Waals surface area contributed by atoms with Gasteiger partial charge in [0.2, 0.25) is 5.91 Å². The summed E-state index contributed by atoms with van der Waals surface area (Å²) in [5.41, 5.74) is 1.55. The summed E-state index contributed by atoms with van der Waals surface area (Å²) in [6.45, 7) is 7.41. The number of ether oxygens (including phenoxy) is 3. The number of halogens is 1. The van der Waals surface area contributed by atoms with Gasteiger partial charge in [-0.3, -0.25) is 14.7 Å². The first kappa shape index (κ1) is 23.0. The van der Waals surface area contributed by atoms with Crippen LogP contribution in [0.2, 0.25) is 5.02 Å². The monoisotopic (exact) mass is 459 g/mol. The largest absolute Gasteiger partial charge is 0.491 e. The van der Waals surface area contributed by atoms with E-state index in [4.69, 9.17) is 25.8 Å². The molecule has 3 heterocycles. The summed E-state index contributed by atoms with van der Waals surface area (Å²) in [7, 11) is 0. The van der Waals surface area contributed by atoms with Crippen molar-refractivity contribution in [1.82, 2.24) is 14.8 Å². The van der Waals surface area contributed by atoms with Crippen LogP contribution in [0.15, 0.2) is 42.7 Å². The van der Waals surface area contributed by atoms with Crippen molar-refractivity contribution < 1.29 is 19.0 Å². The number of morpholine rings is 2. The van der Waals surface area contributed by atoms with Gasteiger partial charge in [-0.05, 0) is 42.3 Å². The van der Waals surface area contributed by atoms with E-state index in [2.05, 4.69) is 16.0 Å². The van der Waals surface area contributed by atoms with Crippen molar-refractivity contribution in [3.8, 4) is 5.75 Å². The van der Waals surface area contributed by atoms with Crippen molar-refractivity contribution >= 4 is 17.5 Å². The first-order valence-corrected chi connectivity index (χ1v) is 11.4. The van der Waals surface area contributed by atoms with Crippen LogP contribution in [0.5, 0.6) is 5.75 Å². The summed E-state index contributed by atoms with van der Waals surface area (Å²) >= 11 is 6.00. The number of hydrogen-bond acceptors (Lipinski definition) is 6. The molecule has 32 heavy (non-hydrogen) atoms. The molecule has 0 radical (unpaired) electrons. The van der Waals surface area contributed by atoms with E-state index in [0.29, 0.717) is 50.2 Å². The van der Waals surface area contributed by atoms with Crippen LogP contribution < -0.4 is 4.74 Å². The first-order chi connectivity index (χ1) is 15.5. The van der Waals surface area contributed by atoms with Crippen LogP contribution in [0.1, 0.15) is 17.5 Å². The SMILES string of the molecule is Cc1cncc(CN2CCO[C@](COc3ccc(Cl)cc3)(CC(=O)N3CCOCC3)C2)c1. The minimum absolute atomic E-state index is 0.0760. The molecule has 172 valence electrons. The first-order valence-electron chi connectivity index (χ1n) is 11.0. The number of hydrogen-bond donors (Lipinski definition) is 0. The van der Waals surface area contributed by atoms with Gasteiger partial charge < -0.3 is 19.1 Å². The molecule has 4 rings (SSSR count). The number of amides is 1. The second kappa shape index (κ2) is 10.6. The summed E-state index contributed by atoms with van der Waals surface area (Å²) < 4.78 is 17.8. The van der Waals surface area contributed by atoms with E-state index in [1.165, 1.54) is 0 Å². The predicted octanol–water partition coefficient (Wildman–Crippen LogP) is 2.94. The molecule has 1 aromatic heterocycles. The number of pyridine rings is 1.